The Morgan fingerprint density at radius 1 is 1.48 bits per heavy atom. The lowest BCUT2D eigenvalue weighted by molar-refractivity contribution is 0.203. The molecule has 1 aliphatic rings. The zero-order chi connectivity index (χ0) is 15.2. The predicted octanol–water partition coefficient (Wildman–Crippen LogP) is 2.00. The molecule has 2 rings (SSSR count). The van der Waals surface area contributed by atoms with E-state index in [4.69, 9.17) is 4.74 Å². The molecule has 1 aliphatic heterocycles. The number of urea groups is 1. The summed E-state index contributed by atoms with van der Waals surface area (Å²) in [6.07, 6.45) is 3.69. The van der Waals surface area contributed by atoms with Crippen LogP contribution < -0.4 is 15.4 Å². The van der Waals surface area contributed by atoms with Crippen LogP contribution in [0.15, 0.2) is 12.3 Å². The first-order valence-electron chi connectivity index (χ1n) is 7.43. The minimum Gasteiger partial charge on any atom is -0.480 e. The fraction of sp³-hybridized carbons (Fsp3) is 0.600. The average molecular weight is 292 g/mol. The van der Waals surface area contributed by atoms with Crippen molar-refractivity contribution in [3.8, 4) is 5.88 Å². The summed E-state index contributed by atoms with van der Waals surface area (Å²) in [5, 5.41) is 5.85. The number of amides is 2. The number of piperidine rings is 1. The summed E-state index contributed by atoms with van der Waals surface area (Å²) in [6.45, 7) is 7.24. The summed E-state index contributed by atoms with van der Waals surface area (Å²) in [6, 6.07) is 1.89. The van der Waals surface area contributed by atoms with Gasteiger partial charge in [-0.25, -0.2) is 9.78 Å². The molecule has 0 atom stereocenters. The van der Waals surface area contributed by atoms with Gasteiger partial charge in [-0.15, -0.1) is 0 Å². The Balaban J connectivity index is 1.89. The van der Waals surface area contributed by atoms with E-state index >= 15 is 0 Å². The summed E-state index contributed by atoms with van der Waals surface area (Å²) in [4.78, 5) is 18.6. The molecule has 21 heavy (non-hydrogen) atoms. The van der Waals surface area contributed by atoms with Gasteiger partial charge in [-0.05, 0) is 37.9 Å². The first kappa shape index (κ1) is 15.6. The molecule has 0 radical (unpaired) electrons. The highest BCUT2D eigenvalue weighted by atomic mass is 16.5. The summed E-state index contributed by atoms with van der Waals surface area (Å²) in [5.74, 6) is 0.427. The van der Waals surface area contributed by atoms with Gasteiger partial charge in [0.1, 0.15) is 5.69 Å². The first-order valence-corrected chi connectivity index (χ1v) is 7.43. The van der Waals surface area contributed by atoms with Gasteiger partial charge >= 0.3 is 6.03 Å². The second-order valence-corrected chi connectivity index (χ2v) is 5.38. The minimum atomic E-state index is -0.198. The number of pyridine rings is 1. The van der Waals surface area contributed by atoms with E-state index in [1.54, 1.807) is 13.3 Å². The van der Waals surface area contributed by atoms with Crippen molar-refractivity contribution < 1.29 is 9.53 Å². The molecule has 1 fully saturated rings. The number of nitrogens with zero attached hydrogens (tertiary/aromatic N) is 2. The number of hydrogen-bond acceptors (Lipinski definition) is 4. The van der Waals surface area contributed by atoms with E-state index in [2.05, 4.69) is 27.4 Å². The topological polar surface area (TPSA) is 66.5 Å². The Kier molecular flexibility index (Phi) is 5.38. The number of aromatic nitrogens is 1. The maximum atomic E-state index is 12.1. The van der Waals surface area contributed by atoms with Crippen LogP contribution in [0.1, 0.15) is 25.3 Å². The van der Waals surface area contributed by atoms with Crippen LogP contribution in [0.4, 0.5) is 10.5 Å². The second-order valence-electron chi connectivity index (χ2n) is 5.38. The Morgan fingerprint density at radius 3 is 2.81 bits per heavy atom. The molecule has 0 aromatic carbocycles. The van der Waals surface area contributed by atoms with Gasteiger partial charge in [-0.1, -0.05) is 6.92 Å². The van der Waals surface area contributed by atoms with Crippen LogP contribution >= 0.6 is 0 Å². The number of hydrogen-bond donors (Lipinski definition) is 2. The van der Waals surface area contributed by atoms with Crippen molar-refractivity contribution in [1.82, 2.24) is 15.2 Å². The lowest BCUT2D eigenvalue weighted by Crippen LogP contribution is -2.45. The van der Waals surface area contributed by atoms with Crippen LogP contribution in [-0.4, -0.2) is 48.7 Å². The fourth-order valence-electron chi connectivity index (χ4n) is 2.55. The number of likely N-dealkylation sites (tertiary alicyclic amines) is 1. The van der Waals surface area contributed by atoms with Crippen molar-refractivity contribution in [2.45, 2.75) is 32.7 Å². The molecule has 2 amide bonds. The highest BCUT2D eigenvalue weighted by molar-refractivity contribution is 5.90. The summed E-state index contributed by atoms with van der Waals surface area (Å²) in [5.41, 5.74) is 1.57. The third-order valence-electron chi connectivity index (χ3n) is 3.80. The lowest BCUT2D eigenvalue weighted by atomic mass is 10.1. The Morgan fingerprint density at radius 2 is 2.19 bits per heavy atom. The summed E-state index contributed by atoms with van der Waals surface area (Å²) >= 11 is 0. The standard InChI is InChI=1S/C15H24N4O2/c1-4-19-7-5-12(6-8-19)17-15(20)18-13-9-11(2)10-16-14(13)21-3/h9-10,12H,4-8H2,1-3H3,(H2,17,18,20). The van der Waals surface area contributed by atoms with Gasteiger partial charge in [0.25, 0.3) is 0 Å². The third kappa shape index (κ3) is 4.32. The molecule has 0 unspecified atom stereocenters. The van der Waals surface area contributed by atoms with E-state index in [9.17, 15) is 4.79 Å². The minimum absolute atomic E-state index is 0.198. The molecule has 1 aromatic rings. The van der Waals surface area contributed by atoms with Gasteiger partial charge in [0.2, 0.25) is 5.88 Å². The molecular weight excluding hydrogens is 268 g/mol. The molecule has 1 saturated heterocycles. The van der Waals surface area contributed by atoms with Crippen molar-refractivity contribution in [3.05, 3.63) is 17.8 Å². The van der Waals surface area contributed by atoms with Gasteiger partial charge in [0.15, 0.2) is 0 Å². The highest BCUT2D eigenvalue weighted by Crippen LogP contribution is 2.22. The SMILES string of the molecule is CCN1CCC(NC(=O)Nc2cc(C)cnc2OC)CC1. The third-order valence-corrected chi connectivity index (χ3v) is 3.80. The zero-order valence-electron chi connectivity index (χ0n) is 13.0. The van der Waals surface area contributed by atoms with Crippen LogP contribution in [0.3, 0.4) is 0 Å². The van der Waals surface area contributed by atoms with Crippen LogP contribution in [-0.2, 0) is 0 Å². The average Bonchev–Trinajstić information content (AvgIpc) is 2.48. The predicted molar refractivity (Wildman–Crippen MR) is 82.8 cm³/mol. The fourth-order valence-corrected chi connectivity index (χ4v) is 2.55. The maximum absolute atomic E-state index is 12.1. The Labute approximate surface area is 125 Å². The Bertz CT molecular complexity index is 485. The number of aryl methyl sites for hydroxylation is 1. The van der Waals surface area contributed by atoms with Crippen molar-refractivity contribution in [2.24, 2.45) is 0 Å². The van der Waals surface area contributed by atoms with Crippen LogP contribution in [0, 0.1) is 6.92 Å². The Hall–Kier alpha value is -1.82. The van der Waals surface area contributed by atoms with Crippen molar-refractivity contribution >= 4 is 11.7 Å². The molecule has 116 valence electrons. The van der Waals surface area contributed by atoms with Crippen LogP contribution in [0.25, 0.3) is 0 Å². The molecule has 2 heterocycles. The van der Waals surface area contributed by atoms with Gasteiger partial charge in [-0.2, -0.15) is 0 Å². The molecule has 1 aromatic heterocycles. The zero-order valence-corrected chi connectivity index (χ0v) is 13.0. The normalized spacial score (nSPS) is 16.5. The van der Waals surface area contributed by atoms with Crippen LogP contribution in [0.5, 0.6) is 5.88 Å². The van der Waals surface area contributed by atoms with E-state index in [0.29, 0.717) is 11.6 Å². The molecule has 6 nitrogen and oxygen atoms in total. The molecular formula is C15H24N4O2. The van der Waals surface area contributed by atoms with Crippen molar-refractivity contribution in [2.75, 3.05) is 32.1 Å². The van der Waals surface area contributed by atoms with E-state index in [1.807, 2.05) is 13.0 Å². The van der Waals surface area contributed by atoms with Gasteiger partial charge in [0, 0.05) is 25.3 Å². The largest absolute Gasteiger partial charge is 0.480 e. The van der Waals surface area contributed by atoms with E-state index in [-0.39, 0.29) is 12.1 Å². The number of carbonyl (C=O) groups excluding carboxylic acids is 1. The van der Waals surface area contributed by atoms with Gasteiger partial charge < -0.3 is 20.3 Å². The number of carbonyl (C=O) groups is 1. The van der Waals surface area contributed by atoms with E-state index in [0.717, 1.165) is 38.0 Å². The number of methoxy groups -OCH3 is 1. The number of rotatable bonds is 4. The summed E-state index contributed by atoms with van der Waals surface area (Å²) < 4.78 is 5.16. The maximum Gasteiger partial charge on any atom is 0.319 e. The number of ether oxygens (including phenoxy) is 1. The summed E-state index contributed by atoms with van der Waals surface area (Å²) in [7, 11) is 1.54. The molecule has 0 saturated carbocycles. The number of nitrogens with one attached hydrogen (secondary N) is 2. The van der Waals surface area contributed by atoms with Gasteiger partial charge in [-0.3, -0.25) is 0 Å². The molecule has 6 heteroatoms. The van der Waals surface area contributed by atoms with Crippen molar-refractivity contribution in [1.29, 1.82) is 0 Å². The first-order chi connectivity index (χ1) is 10.1. The quantitative estimate of drug-likeness (QED) is 0.891. The molecule has 0 spiro atoms. The van der Waals surface area contributed by atoms with E-state index < -0.39 is 0 Å². The van der Waals surface area contributed by atoms with Crippen molar-refractivity contribution in [3.63, 3.8) is 0 Å². The smallest absolute Gasteiger partial charge is 0.319 e. The van der Waals surface area contributed by atoms with Crippen LogP contribution in [0.2, 0.25) is 0 Å². The van der Waals surface area contributed by atoms with Gasteiger partial charge in [0.05, 0.1) is 7.11 Å². The molecule has 0 aliphatic carbocycles. The second kappa shape index (κ2) is 7.26. The van der Waals surface area contributed by atoms with E-state index in [1.165, 1.54) is 0 Å². The monoisotopic (exact) mass is 292 g/mol. The molecule has 2 N–H and O–H groups in total. The highest BCUT2D eigenvalue weighted by Gasteiger charge is 2.20. The lowest BCUT2D eigenvalue weighted by Gasteiger charge is -2.31. The number of anilines is 1. The molecule has 0 bridgehead atoms.